The summed E-state index contributed by atoms with van der Waals surface area (Å²) in [7, 11) is 0. The Balaban J connectivity index is 1.08. The zero-order valence-electron chi connectivity index (χ0n) is 24.9. The summed E-state index contributed by atoms with van der Waals surface area (Å²) in [6, 6.07) is 13.9. The average Bonchev–Trinajstić information content (AvgIpc) is 3.01. The van der Waals surface area contributed by atoms with Crippen LogP contribution in [0.1, 0.15) is 25.3 Å². The number of rotatable bonds is 8. The Hall–Kier alpha value is -4.38. The van der Waals surface area contributed by atoms with Crippen molar-refractivity contribution in [3.63, 3.8) is 0 Å². The summed E-state index contributed by atoms with van der Waals surface area (Å²) >= 11 is 0. The summed E-state index contributed by atoms with van der Waals surface area (Å²) in [4.78, 5) is 26.2. The number of nitrogens with zero attached hydrogens (tertiary/aromatic N) is 6. The average molecular weight is 620 g/mol. The Bertz CT molecular complexity index is 1550. The Labute approximate surface area is 260 Å². The summed E-state index contributed by atoms with van der Waals surface area (Å²) < 4.78 is 40.5. The second-order valence-corrected chi connectivity index (χ2v) is 11.5. The number of aromatic nitrogens is 2. The van der Waals surface area contributed by atoms with Gasteiger partial charge in [-0.3, -0.25) is 14.6 Å². The third-order valence-corrected chi connectivity index (χ3v) is 8.45. The molecule has 11 nitrogen and oxygen atoms in total. The number of amides is 1. The van der Waals surface area contributed by atoms with Crippen LogP contribution in [-0.4, -0.2) is 101 Å². The van der Waals surface area contributed by atoms with Crippen LogP contribution >= 0.6 is 0 Å². The SMILES string of the molecule is C[C@@H](O)C(=O)N1CCC(Oc2ccc(-c3ccnc(Nc4ccc(N5CCN(C6COC6)CC5)cc4)n3)cc2C#N)CC1(F)F. The third kappa shape index (κ3) is 6.83. The molecule has 3 aliphatic heterocycles. The smallest absolute Gasteiger partial charge is 0.331 e. The van der Waals surface area contributed by atoms with Gasteiger partial charge in [-0.1, -0.05) is 0 Å². The van der Waals surface area contributed by atoms with E-state index in [0.29, 0.717) is 28.1 Å². The zero-order chi connectivity index (χ0) is 31.6. The molecule has 45 heavy (non-hydrogen) atoms. The summed E-state index contributed by atoms with van der Waals surface area (Å²) in [5, 5.41) is 22.5. The van der Waals surface area contributed by atoms with Gasteiger partial charge >= 0.3 is 6.05 Å². The van der Waals surface area contributed by atoms with Crippen molar-refractivity contribution >= 4 is 23.2 Å². The first kappa shape index (κ1) is 30.6. The van der Waals surface area contributed by atoms with Gasteiger partial charge in [0.25, 0.3) is 5.91 Å². The molecule has 4 heterocycles. The van der Waals surface area contributed by atoms with E-state index < -0.39 is 30.6 Å². The van der Waals surface area contributed by atoms with Gasteiger partial charge in [0.2, 0.25) is 5.95 Å². The number of aliphatic hydroxyl groups excluding tert-OH is 1. The standard InChI is InChI=1S/C32H35F2N7O4/c1-21(42)30(43)41-11-9-27(17-32(41,33)34)45-29-7-2-22(16-23(29)18-35)28-8-10-36-31(38-28)37-24-3-5-25(6-4-24)39-12-14-40(15-13-39)26-19-44-20-26/h2-8,10,16,21,26-27,42H,9,11-15,17,19-20H2,1H3,(H,36,37,38)/t21-,27?/m1/s1. The van der Waals surface area contributed by atoms with Crippen molar-refractivity contribution in [1.29, 1.82) is 5.26 Å². The van der Waals surface area contributed by atoms with E-state index in [-0.39, 0.29) is 24.3 Å². The molecule has 13 heteroatoms. The van der Waals surface area contributed by atoms with Gasteiger partial charge in [0, 0.05) is 62.3 Å². The number of benzene rings is 2. The number of hydrogen-bond acceptors (Lipinski definition) is 10. The minimum atomic E-state index is -3.48. The van der Waals surface area contributed by atoms with Crippen LogP contribution in [0.4, 0.5) is 26.1 Å². The molecule has 1 aromatic heterocycles. The van der Waals surface area contributed by atoms with Crippen molar-refractivity contribution in [2.45, 2.75) is 44.1 Å². The monoisotopic (exact) mass is 619 g/mol. The van der Waals surface area contributed by atoms with E-state index in [1.807, 2.05) is 12.1 Å². The highest BCUT2D eigenvalue weighted by molar-refractivity contribution is 5.80. The maximum absolute atomic E-state index is 14.7. The van der Waals surface area contributed by atoms with E-state index in [1.54, 1.807) is 30.5 Å². The van der Waals surface area contributed by atoms with Crippen LogP contribution < -0.4 is 15.0 Å². The van der Waals surface area contributed by atoms with Crippen LogP contribution in [0.2, 0.25) is 0 Å². The van der Waals surface area contributed by atoms with Crippen LogP contribution in [0.25, 0.3) is 11.3 Å². The molecule has 1 unspecified atom stereocenters. The van der Waals surface area contributed by atoms with Crippen LogP contribution in [0.15, 0.2) is 54.7 Å². The van der Waals surface area contributed by atoms with Gasteiger partial charge in [0.15, 0.2) is 0 Å². The quantitative estimate of drug-likeness (QED) is 0.361. The highest BCUT2D eigenvalue weighted by atomic mass is 19.3. The van der Waals surface area contributed by atoms with Gasteiger partial charge in [0.1, 0.15) is 24.0 Å². The van der Waals surface area contributed by atoms with Gasteiger partial charge in [-0.15, -0.1) is 0 Å². The fourth-order valence-electron chi connectivity index (χ4n) is 5.82. The molecule has 6 rings (SSSR count). The van der Waals surface area contributed by atoms with Crippen molar-refractivity contribution in [3.8, 4) is 23.1 Å². The fourth-order valence-corrected chi connectivity index (χ4v) is 5.82. The largest absolute Gasteiger partial charge is 0.489 e. The number of ether oxygens (including phenoxy) is 2. The van der Waals surface area contributed by atoms with Crippen LogP contribution in [-0.2, 0) is 9.53 Å². The normalized spacial score (nSPS) is 21.0. The van der Waals surface area contributed by atoms with Crippen LogP contribution in [0.3, 0.4) is 0 Å². The Morgan fingerprint density at radius 3 is 2.53 bits per heavy atom. The maximum atomic E-state index is 14.7. The first-order chi connectivity index (χ1) is 21.7. The van der Waals surface area contributed by atoms with E-state index in [1.165, 1.54) is 0 Å². The number of likely N-dealkylation sites (tertiary alicyclic amines) is 1. The zero-order valence-corrected chi connectivity index (χ0v) is 24.9. The first-order valence-electron chi connectivity index (χ1n) is 15.1. The number of carbonyl (C=O) groups is 1. The highest BCUT2D eigenvalue weighted by Gasteiger charge is 2.47. The number of alkyl halides is 2. The Kier molecular flexibility index (Phi) is 8.80. The first-order valence-corrected chi connectivity index (χ1v) is 15.1. The summed E-state index contributed by atoms with van der Waals surface area (Å²) in [6.07, 6.45) is -1.42. The number of nitriles is 1. The molecule has 3 saturated heterocycles. The number of carbonyl (C=O) groups excluding carboxylic acids is 1. The van der Waals surface area contributed by atoms with E-state index in [9.17, 15) is 23.9 Å². The minimum absolute atomic E-state index is 0.134. The van der Waals surface area contributed by atoms with E-state index in [0.717, 1.165) is 57.7 Å². The lowest BCUT2D eigenvalue weighted by Crippen LogP contribution is -2.56. The molecule has 2 atom stereocenters. The lowest BCUT2D eigenvalue weighted by Gasteiger charge is -2.43. The van der Waals surface area contributed by atoms with Crippen molar-refractivity contribution in [2.75, 3.05) is 56.2 Å². The summed E-state index contributed by atoms with van der Waals surface area (Å²) in [5.74, 6) is -0.472. The molecule has 3 fully saturated rings. The van der Waals surface area contributed by atoms with E-state index >= 15 is 0 Å². The molecule has 1 amide bonds. The number of piperidine rings is 1. The number of nitrogens with one attached hydrogen (secondary N) is 1. The summed E-state index contributed by atoms with van der Waals surface area (Å²) in [6.45, 7) is 6.56. The molecule has 0 bridgehead atoms. The minimum Gasteiger partial charge on any atom is -0.489 e. The number of hydrogen-bond donors (Lipinski definition) is 2. The molecule has 0 spiro atoms. The number of anilines is 3. The van der Waals surface area contributed by atoms with Gasteiger partial charge in [-0.25, -0.2) is 9.97 Å². The molecule has 3 aromatic rings. The second kappa shape index (κ2) is 12.9. The molecular formula is C32H35F2N7O4. The third-order valence-electron chi connectivity index (χ3n) is 8.45. The predicted octanol–water partition coefficient (Wildman–Crippen LogP) is 3.62. The molecule has 3 aliphatic rings. The second-order valence-electron chi connectivity index (χ2n) is 11.5. The number of aliphatic hydroxyl groups is 1. The molecule has 2 aromatic carbocycles. The van der Waals surface area contributed by atoms with Gasteiger partial charge < -0.3 is 24.8 Å². The Morgan fingerprint density at radius 2 is 1.89 bits per heavy atom. The number of piperazine rings is 1. The van der Waals surface area contributed by atoms with Crippen LogP contribution in [0.5, 0.6) is 5.75 Å². The van der Waals surface area contributed by atoms with Crippen molar-refractivity contribution in [3.05, 3.63) is 60.3 Å². The van der Waals surface area contributed by atoms with Gasteiger partial charge in [-0.2, -0.15) is 14.0 Å². The molecule has 0 radical (unpaired) electrons. The van der Waals surface area contributed by atoms with Crippen molar-refractivity contribution in [1.82, 2.24) is 19.8 Å². The van der Waals surface area contributed by atoms with E-state index in [2.05, 4.69) is 43.3 Å². The summed E-state index contributed by atoms with van der Waals surface area (Å²) in [5.41, 5.74) is 3.37. The predicted molar refractivity (Wildman–Crippen MR) is 162 cm³/mol. The van der Waals surface area contributed by atoms with Crippen molar-refractivity contribution in [2.24, 2.45) is 0 Å². The van der Waals surface area contributed by atoms with Gasteiger partial charge in [-0.05, 0) is 55.5 Å². The highest BCUT2D eigenvalue weighted by Crippen LogP contribution is 2.35. The number of halogens is 2. The van der Waals surface area contributed by atoms with Crippen LogP contribution in [0, 0.1) is 11.3 Å². The fraction of sp³-hybridized carbons (Fsp3) is 0.438. The van der Waals surface area contributed by atoms with Gasteiger partial charge in [0.05, 0.1) is 36.9 Å². The topological polar surface area (TPSA) is 127 Å². The van der Waals surface area contributed by atoms with Crippen molar-refractivity contribution < 1.29 is 28.2 Å². The molecule has 0 saturated carbocycles. The molecule has 2 N–H and O–H groups in total. The lowest BCUT2D eigenvalue weighted by atomic mass is 10.0. The Morgan fingerprint density at radius 1 is 1.13 bits per heavy atom. The molecule has 0 aliphatic carbocycles. The van der Waals surface area contributed by atoms with E-state index in [4.69, 9.17) is 9.47 Å². The lowest BCUT2D eigenvalue weighted by molar-refractivity contribution is -0.202. The molecule has 236 valence electrons. The maximum Gasteiger partial charge on any atom is 0.331 e. The molecular weight excluding hydrogens is 584 g/mol.